The highest BCUT2D eigenvalue weighted by molar-refractivity contribution is 8.00. The molecule has 2 aromatic heterocycles. The van der Waals surface area contributed by atoms with Crippen molar-refractivity contribution >= 4 is 38.5 Å². The smallest absolute Gasteiger partial charge is 0.264 e. The van der Waals surface area contributed by atoms with E-state index in [2.05, 4.69) is 10.1 Å². The lowest BCUT2D eigenvalue weighted by Gasteiger charge is -2.33. The molecule has 1 aliphatic rings. The first-order valence-electron chi connectivity index (χ1n) is 7.95. The molecule has 0 N–H and O–H groups in total. The van der Waals surface area contributed by atoms with Gasteiger partial charge in [0, 0.05) is 35.3 Å². The summed E-state index contributed by atoms with van der Waals surface area (Å²) in [6.07, 6.45) is 1.42. The Morgan fingerprint density at radius 2 is 2.04 bits per heavy atom. The van der Waals surface area contributed by atoms with Crippen molar-refractivity contribution < 1.29 is 8.42 Å². The molecule has 6 nitrogen and oxygen atoms in total. The summed E-state index contributed by atoms with van der Waals surface area (Å²) in [4.78, 5) is 5.51. The summed E-state index contributed by atoms with van der Waals surface area (Å²) in [5, 5.41) is 5.26. The number of thioether (sulfide) groups is 1. The predicted molar refractivity (Wildman–Crippen MR) is 99.5 cm³/mol. The van der Waals surface area contributed by atoms with Crippen molar-refractivity contribution in [1.82, 2.24) is 14.8 Å². The lowest BCUT2D eigenvalue weighted by atomic mass is 10.3. The fourth-order valence-electron chi connectivity index (χ4n) is 3.13. The molecule has 25 heavy (non-hydrogen) atoms. The molecule has 0 saturated carbocycles. The highest BCUT2D eigenvalue weighted by Crippen LogP contribution is 2.40. The molecule has 1 atom stereocenters. The van der Waals surface area contributed by atoms with Crippen LogP contribution < -0.4 is 4.31 Å². The topological polar surface area (TPSA) is 68.1 Å². The number of fused-ring (bicyclic) bond motifs is 2. The van der Waals surface area contributed by atoms with Crippen LogP contribution in [-0.2, 0) is 17.1 Å². The third-order valence-electron chi connectivity index (χ3n) is 4.31. The van der Waals surface area contributed by atoms with Crippen LogP contribution in [0, 0.1) is 6.92 Å². The van der Waals surface area contributed by atoms with Crippen molar-refractivity contribution in [2.45, 2.75) is 28.9 Å². The maximum atomic E-state index is 13.3. The first-order valence-corrected chi connectivity index (χ1v) is 10.3. The molecule has 0 spiro atoms. The second kappa shape index (κ2) is 5.74. The highest BCUT2D eigenvalue weighted by atomic mass is 32.2. The molecular weight excluding hydrogens is 356 g/mol. The molecule has 4 rings (SSSR count). The molecule has 1 aromatic carbocycles. The monoisotopic (exact) mass is 374 g/mol. The van der Waals surface area contributed by atoms with Gasteiger partial charge >= 0.3 is 0 Å². The van der Waals surface area contributed by atoms with Gasteiger partial charge in [-0.2, -0.15) is 5.10 Å². The molecule has 3 aromatic rings. The number of sulfonamides is 1. The van der Waals surface area contributed by atoms with Crippen molar-refractivity contribution in [2.75, 3.05) is 10.8 Å². The normalized spacial score (nSPS) is 17.7. The molecule has 0 amide bonds. The molecule has 0 bridgehead atoms. The zero-order valence-corrected chi connectivity index (χ0v) is 15.8. The Morgan fingerprint density at radius 3 is 2.84 bits per heavy atom. The minimum Gasteiger partial charge on any atom is -0.264 e. The Bertz CT molecular complexity index is 1080. The van der Waals surface area contributed by atoms with E-state index in [-0.39, 0.29) is 10.1 Å². The van der Waals surface area contributed by atoms with Crippen LogP contribution in [0.25, 0.3) is 11.0 Å². The van der Waals surface area contributed by atoms with Crippen molar-refractivity contribution in [1.29, 1.82) is 0 Å². The molecule has 0 aliphatic carbocycles. The summed E-state index contributed by atoms with van der Waals surface area (Å²) in [6.45, 7) is 4.33. The zero-order chi connectivity index (χ0) is 17.8. The summed E-state index contributed by atoms with van der Waals surface area (Å²) in [5.41, 5.74) is 2.18. The molecule has 1 unspecified atom stereocenters. The number of hydrogen-bond acceptors (Lipinski definition) is 5. The molecule has 0 fully saturated rings. The van der Waals surface area contributed by atoms with Gasteiger partial charge in [0.2, 0.25) is 0 Å². The number of rotatable bonds is 2. The fraction of sp³-hybridized carbons (Fsp3) is 0.294. The summed E-state index contributed by atoms with van der Waals surface area (Å²) in [6, 6.07) is 9.29. The number of pyridine rings is 1. The summed E-state index contributed by atoms with van der Waals surface area (Å²) in [7, 11) is -1.88. The maximum absolute atomic E-state index is 13.3. The first-order chi connectivity index (χ1) is 11.9. The number of para-hydroxylation sites is 1. The molecular formula is C17H18N4O2S2. The second-order valence-corrected chi connectivity index (χ2v) is 9.53. The average Bonchev–Trinajstić information content (AvgIpc) is 2.88. The Kier molecular flexibility index (Phi) is 3.77. The Hall–Kier alpha value is -2.06. The Labute approximate surface area is 150 Å². The number of hydrogen-bond donors (Lipinski definition) is 0. The van der Waals surface area contributed by atoms with Gasteiger partial charge in [0.25, 0.3) is 10.0 Å². The van der Waals surface area contributed by atoms with Gasteiger partial charge in [-0.25, -0.2) is 13.4 Å². The van der Waals surface area contributed by atoms with Crippen LogP contribution in [0.5, 0.6) is 0 Å². The number of nitrogens with zero attached hydrogens (tertiary/aromatic N) is 4. The Morgan fingerprint density at radius 1 is 1.28 bits per heavy atom. The average molecular weight is 374 g/mol. The lowest BCUT2D eigenvalue weighted by molar-refractivity contribution is 0.589. The molecule has 1 aliphatic heterocycles. The van der Waals surface area contributed by atoms with Gasteiger partial charge in [0.1, 0.15) is 4.90 Å². The first kappa shape index (κ1) is 16.4. The molecule has 0 radical (unpaired) electrons. The van der Waals surface area contributed by atoms with Crippen LogP contribution in [-0.4, -0.2) is 35.0 Å². The van der Waals surface area contributed by atoms with E-state index in [1.807, 2.05) is 38.1 Å². The van der Waals surface area contributed by atoms with Crippen LogP contribution in [0.2, 0.25) is 0 Å². The number of aromatic nitrogens is 3. The van der Waals surface area contributed by atoms with Crippen molar-refractivity contribution in [3.05, 3.63) is 42.2 Å². The van der Waals surface area contributed by atoms with E-state index in [4.69, 9.17) is 0 Å². The van der Waals surface area contributed by atoms with E-state index < -0.39 is 10.0 Å². The molecule has 0 saturated heterocycles. The van der Waals surface area contributed by atoms with Gasteiger partial charge in [0.05, 0.1) is 11.4 Å². The number of benzene rings is 1. The molecule has 8 heteroatoms. The van der Waals surface area contributed by atoms with Gasteiger partial charge in [0.15, 0.2) is 5.65 Å². The van der Waals surface area contributed by atoms with Gasteiger partial charge in [-0.15, -0.1) is 11.8 Å². The molecule has 3 heterocycles. The molecule has 130 valence electrons. The highest BCUT2D eigenvalue weighted by Gasteiger charge is 2.32. The fourth-order valence-corrected chi connectivity index (χ4v) is 5.94. The maximum Gasteiger partial charge on any atom is 0.265 e. The largest absolute Gasteiger partial charge is 0.265 e. The number of aryl methyl sites for hydroxylation is 2. The van der Waals surface area contributed by atoms with Crippen molar-refractivity contribution in [3.63, 3.8) is 0 Å². The van der Waals surface area contributed by atoms with Crippen molar-refractivity contribution in [3.8, 4) is 0 Å². The minimum atomic E-state index is -3.69. The second-order valence-electron chi connectivity index (χ2n) is 6.18. The quantitative estimate of drug-likeness (QED) is 0.690. The van der Waals surface area contributed by atoms with Gasteiger partial charge in [-0.05, 0) is 25.1 Å². The van der Waals surface area contributed by atoms with Crippen LogP contribution in [0.3, 0.4) is 0 Å². The van der Waals surface area contributed by atoms with Gasteiger partial charge in [-0.3, -0.25) is 8.99 Å². The van der Waals surface area contributed by atoms with E-state index in [1.54, 1.807) is 29.6 Å². The van der Waals surface area contributed by atoms with E-state index in [1.165, 1.54) is 10.5 Å². The van der Waals surface area contributed by atoms with Crippen LogP contribution in [0.15, 0.2) is 46.3 Å². The van der Waals surface area contributed by atoms with Crippen LogP contribution >= 0.6 is 11.8 Å². The van der Waals surface area contributed by atoms with Crippen molar-refractivity contribution in [2.24, 2.45) is 7.05 Å². The Balaban J connectivity index is 1.86. The third kappa shape index (κ3) is 2.60. The standard InChI is InChI=1S/C17H18N4O2S2/c1-11-10-21(15-6-4-5-7-16(15)24-11)25(22,23)13-8-14-12(2)19-20(3)17(14)18-9-13/h4-9,11H,10H2,1-3H3. The van der Waals surface area contributed by atoms with Gasteiger partial charge < -0.3 is 0 Å². The van der Waals surface area contributed by atoms with Gasteiger partial charge in [-0.1, -0.05) is 19.1 Å². The lowest BCUT2D eigenvalue weighted by Crippen LogP contribution is -2.38. The number of anilines is 1. The van der Waals surface area contributed by atoms with Crippen LogP contribution in [0.1, 0.15) is 12.6 Å². The third-order valence-corrected chi connectivity index (χ3v) is 7.21. The predicted octanol–water partition coefficient (Wildman–Crippen LogP) is 2.97. The van der Waals surface area contributed by atoms with E-state index in [0.29, 0.717) is 12.2 Å². The summed E-state index contributed by atoms with van der Waals surface area (Å²) < 4.78 is 29.8. The van der Waals surface area contributed by atoms with E-state index in [9.17, 15) is 8.42 Å². The zero-order valence-electron chi connectivity index (χ0n) is 14.2. The van der Waals surface area contributed by atoms with E-state index in [0.717, 1.165) is 21.7 Å². The van der Waals surface area contributed by atoms with Crippen LogP contribution in [0.4, 0.5) is 5.69 Å². The summed E-state index contributed by atoms with van der Waals surface area (Å²) in [5.74, 6) is 0. The SMILES string of the molecule is Cc1nn(C)c2ncc(S(=O)(=O)N3CC(C)Sc4ccccc43)cc12. The summed E-state index contributed by atoms with van der Waals surface area (Å²) >= 11 is 1.70. The van der Waals surface area contributed by atoms with E-state index >= 15 is 0 Å². The minimum absolute atomic E-state index is 0.182.